The van der Waals surface area contributed by atoms with Gasteiger partial charge in [-0.15, -0.1) is 0 Å². The van der Waals surface area contributed by atoms with Gasteiger partial charge < -0.3 is 85.3 Å². The molecule has 3 heterocycles. The molecule has 1 saturated heterocycles. The Morgan fingerprint density at radius 1 is 0.405 bits per heavy atom. The first-order chi connectivity index (χ1) is 69.6. The molecule has 1 fully saturated rings. The van der Waals surface area contributed by atoms with Crippen molar-refractivity contribution < 1.29 is 122 Å². The minimum atomic E-state index is -1.60. The lowest BCUT2D eigenvalue weighted by atomic mass is 9.71. The van der Waals surface area contributed by atoms with Crippen LogP contribution in [0, 0.1) is 21.7 Å². The summed E-state index contributed by atoms with van der Waals surface area (Å²) in [6.07, 6.45) is 48.7. The predicted octanol–water partition coefficient (Wildman–Crippen LogP) is 15.4. The number of nitrogen functional groups attached to an aromatic ring is 1. The number of imidazole rings is 1. The van der Waals surface area contributed by atoms with Crippen LogP contribution in [-0.2, 0) is 86.0 Å². The molecule has 5 aliphatic rings. The summed E-state index contributed by atoms with van der Waals surface area (Å²) in [5.74, 6) is -5.67. The van der Waals surface area contributed by atoms with Crippen LogP contribution in [0.25, 0.3) is 11.2 Å². The number of ether oxygens (including phenoxy) is 6. The van der Waals surface area contributed by atoms with Gasteiger partial charge in [-0.05, 0) is 163 Å². The molecule has 2 aromatic rings. The van der Waals surface area contributed by atoms with Crippen LogP contribution in [0.1, 0.15) is 242 Å². The maximum absolute atomic E-state index is 13.5. The van der Waals surface area contributed by atoms with Crippen molar-refractivity contribution in [1.29, 1.82) is 0 Å². The molecule has 0 radical (unpaired) electrons. The number of nitrogens with one attached hydrogen (secondary N) is 2. The highest BCUT2D eigenvalue weighted by Gasteiger charge is 2.48. The van der Waals surface area contributed by atoms with Crippen LogP contribution < -0.4 is 16.4 Å². The van der Waals surface area contributed by atoms with E-state index in [1.165, 1.54) is 24.1 Å². The lowest BCUT2D eigenvalue weighted by molar-refractivity contribution is -0.159. The van der Waals surface area contributed by atoms with E-state index in [1.807, 2.05) is 281 Å². The minimum absolute atomic E-state index is 0.0324. The Morgan fingerprint density at radius 3 is 0.993 bits per heavy atom. The Morgan fingerprint density at radius 2 is 0.689 bits per heavy atom. The SMILES string of the molecule is CC(=O)CCC(=O)OC1CC(C)(C)C(/C=C/C(C)=C/C=C/C(C)=C/C=C/C=C(C)/C=C/C=C(C)/C=C/C2=C(C)C(=O)C(OC(=O)CCC(=O)OCC3OC(n4cnc5c(N)ncnc54)C(O)C3O)CC2(C)C)=C(C)C1=O.CCC(CO)(CO)NC(=O)CCC(=O)OC1CC(C)(C)C(/C=C/C(C)=C/C=C/C(C)=C/C=C/C=C(C)/C=C/C=C(C)/C=C/C2=C(C)C(=O)C(OC(=O)CCC(=O)NC(CO)(CO)CO)CC2(C)C)=C(C)C1=O. The monoisotopic (exact) mass is 2040 g/mol. The number of aromatic nitrogens is 4. The Bertz CT molecular complexity index is 5770. The molecule has 148 heavy (non-hydrogen) atoms. The van der Waals surface area contributed by atoms with E-state index in [-0.39, 0.29) is 111 Å². The number of aliphatic hydroxyl groups is 7. The second kappa shape index (κ2) is 57.5. The summed E-state index contributed by atoms with van der Waals surface area (Å²) in [4.78, 5) is 164. The zero-order valence-electron chi connectivity index (χ0n) is 89.7. The van der Waals surface area contributed by atoms with Crippen molar-refractivity contribution in [1.82, 2.24) is 30.2 Å². The lowest BCUT2D eigenvalue weighted by Gasteiger charge is -2.36. The van der Waals surface area contributed by atoms with E-state index in [4.69, 9.17) is 34.2 Å². The number of nitrogens with two attached hydrogens (primary N) is 1. The van der Waals surface area contributed by atoms with Crippen molar-refractivity contribution in [3.8, 4) is 0 Å². The van der Waals surface area contributed by atoms with Gasteiger partial charge in [-0.1, -0.05) is 277 Å². The molecule has 0 bridgehead atoms. The van der Waals surface area contributed by atoms with Crippen LogP contribution in [0.2, 0.25) is 0 Å². The molecule has 0 saturated carbocycles. The van der Waals surface area contributed by atoms with Gasteiger partial charge in [0.05, 0.1) is 77.0 Å². The summed E-state index contributed by atoms with van der Waals surface area (Å²) in [5.41, 5.74) is 15.3. The van der Waals surface area contributed by atoms with E-state index < -0.39 is 163 Å². The minimum Gasteiger partial charge on any atom is -0.463 e. The highest BCUT2D eigenvalue weighted by Crippen LogP contribution is 2.46. The number of ketones is 5. The Labute approximate surface area is 869 Å². The summed E-state index contributed by atoms with van der Waals surface area (Å²) < 4.78 is 34.6. The van der Waals surface area contributed by atoms with Gasteiger partial charge in [0.25, 0.3) is 0 Å². The first-order valence-electron chi connectivity index (χ1n) is 49.8. The van der Waals surface area contributed by atoms with E-state index in [0.29, 0.717) is 40.7 Å². The fourth-order valence-electron chi connectivity index (χ4n) is 17.1. The number of hydrogen-bond acceptors (Lipinski definition) is 29. The molecular formula is C116H153N7O25. The summed E-state index contributed by atoms with van der Waals surface area (Å²) in [6.45, 7) is 38.5. The molecule has 1 aliphatic heterocycles. The van der Waals surface area contributed by atoms with Crippen molar-refractivity contribution >= 4 is 87.6 Å². The molecule has 32 heteroatoms. The Balaban J connectivity index is 0.000000453. The number of allylic oxidation sites excluding steroid dienone is 40. The van der Waals surface area contributed by atoms with Gasteiger partial charge in [-0.25, -0.2) is 15.0 Å². The van der Waals surface area contributed by atoms with Crippen molar-refractivity contribution in [2.45, 2.75) is 296 Å². The number of esters is 5. The van der Waals surface area contributed by atoms with E-state index in [0.717, 1.165) is 66.9 Å². The number of Topliss-reactive ketones (excluding diaryl/α,β-unsaturated/α-hetero) is 5. The number of aliphatic hydroxyl groups excluding tert-OH is 7. The molecule has 8 atom stereocenters. The summed E-state index contributed by atoms with van der Waals surface area (Å²) in [7, 11) is 0. The van der Waals surface area contributed by atoms with Gasteiger partial charge in [0.1, 0.15) is 48.1 Å². The van der Waals surface area contributed by atoms with E-state index in [1.54, 1.807) is 34.6 Å². The molecule has 802 valence electrons. The first-order valence-corrected chi connectivity index (χ1v) is 49.8. The number of carbonyl (C=O) groups excluding carboxylic acids is 12. The van der Waals surface area contributed by atoms with E-state index in [2.05, 4.69) is 25.6 Å². The smallest absolute Gasteiger partial charge is 0.307 e. The summed E-state index contributed by atoms with van der Waals surface area (Å²) in [6, 6.07) is 0. The van der Waals surface area contributed by atoms with Crippen LogP contribution >= 0.6 is 0 Å². The van der Waals surface area contributed by atoms with Crippen molar-refractivity contribution in [3.05, 3.63) is 272 Å². The maximum Gasteiger partial charge on any atom is 0.307 e. The van der Waals surface area contributed by atoms with Crippen LogP contribution in [-0.4, -0.2) is 219 Å². The summed E-state index contributed by atoms with van der Waals surface area (Å²) in [5, 5.41) is 73.6. The predicted molar refractivity (Wildman–Crippen MR) is 567 cm³/mol. The zero-order chi connectivity index (χ0) is 111. The molecule has 8 unspecified atom stereocenters. The molecular weight excluding hydrogens is 1890 g/mol. The number of carbonyl (C=O) groups is 12. The second-order valence-corrected chi connectivity index (χ2v) is 41.0. The normalized spacial score (nSPS) is 21.9. The average molecular weight is 2050 g/mol. The van der Waals surface area contributed by atoms with Gasteiger partial charge in [-0.3, -0.25) is 57.3 Å². The molecule has 11 N–H and O–H groups in total. The average Bonchev–Trinajstić information content (AvgIpc) is 1.58. The van der Waals surface area contributed by atoms with Crippen LogP contribution in [0.5, 0.6) is 0 Å². The third kappa shape index (κ3) is 37.3. The van der Waals surface area contributed by atoms with E-state index in [9.17, 15) is 93.3 Å². The van der Waals surface area contributed by atoms with Gasteiger partial charge in [0.15, 0.2) is 65.2 Å². The largest absolute Gasteiger partial charge is 0.463 e. The zero-order valence-corrected chi connectivity index (χ0v) is 89.7. The van der Waals surface area contributed by atoms with Gasteiger partial charge >= 0.3 is 29.8 Å². The standard InChI is InChI=1S/C59H73N5O12.C57H80N2O13/c1-35(18-14-20-37(3)22-25-42-40(6)51(69)44(30-58(42,8)9)74-48(67)27-24-39(5)65)16-12-13-17-36(2)19-15-21-38(4)23-26-43-41(7)52(70)45(31-59(43,10)11)75-49(68)29-28-47(66)73-32-46-53(71)54(72)57(76-46)64-34-63-50-55(60)61-33-62-56(50)64;1-12-56(33-60,34-61)58-48(65)27-29-50(67)71-46-31-54(8,9)44(42(6)52(46)69)25-23-40(4)21-15-19-38(2)17-13-14-18-39(3)20-16-22-41(5)24-26-45-43(7)53(70)47(32-55(45,10)11)72-51(68)30-28-49(66)59-57(35-62,36-63)37-64/h12-23,25-26,33-34,44-46,53-54,57,71-72H,24,27-32H2,1-11H3,(H2,60,61,62);13-26,46-47,60-64H,12,27-37H2,1-11H3,(H,58,65)(H,59,66)/b13-12+,18-14+,19-15+,25-22+,26-23+,35-16+,36-17+,37-20+,38-21+;14-13+,19-15+,20-16+,25-23+,26-24+,38-17+,39-18+,40-21+,41-22+. The van der Waals surface area contributed by atoms with Crippen LogP contribution in [0.15, 0.2) is 272 Å². The number of rotatable bonds is 47. The van der Waals surface area contributed by atoms with Gasteiger partial charge in [0, 0.05) is 44.9 Å². The molecule has 0 aromatic carbocycles. The Hall–Kier alpha value is -13.1. The topological polar surface area (TPSA) is 496 Å². The highest BCUT2D eigenvalue weighted by atomic mass is 16.6. The molecule has 7 rings (SSSR count). The number of anilines is 1. The molecule has 2 aromatic heterocycles. The molecule has 32 nitrogen and oxygen atoms in total. The van der Waals surface area contributed by atoms with Gasteiger partial charge in [-0.2, -0.15) is 0 Å². The summed E-state index contributed by atoms with van der Waals surface area (Å²) >= 11 is 0. The second-order valence-electron chi connectivity index (χ2n) is 41.0. The fraction of sp³-hybridized carbons (Fsp3) is 0.474. The Kier molecular flexibility index (Phi) is 48.0. The maximum atomic E-state index is 13.5. The lowest BCUT2D eigenvalue weighted by Crippen LogP contribution is -2.57. The molecule has 4 aliphatic carbocycles. The van der Waals surface area contributed by atoms with Crippen LogP contribution in [0.4, 0.5) is 5.82 Å². The molecule has 0 spiro atoms. The van der Waals surface area contributed by atoms with Crippen molar-refractivity contribution in [2.75, 3.05) is 45.4 Å². The third-order valence-corrected chi connectivity index (χ3v) is 26.4. The number of amides is 2. The van der Waals surface area contributed by atoms with Crippen LogP contribution in [0.3, 0.4) is 0 Å². The fourth-order valence-corrected chi connectivity index (χ4v) is 17.1. The van der Waals surface area contributed by atoms with Gasteiger partial charge in [0.2, 0.25) is 11.8 Å². The number of fused-ring (bicyclic) bond motifs is 1. The number of nitrogens with zero attached hydrogens (tertiary/aromatic N) is 4. The highest BCUT2D eigenvalue weighted by molar-refractivity contribution is 6.04. The van der Waals surface area contributed by atoms with E-state index >= 15 is 0 Å². The first kappa shape index (κ1) is 124. The molecule has 2 amide bonds. The van der Waals surface area contributed by atoms with Crippen molar-refractivity contribution in [3.63, 3.8) is 0 Å². The third-order valence-electron chi connectivity index (χ3n) is 26.4. The quantitative estimate of drug-likeness (QED) is 0.0167. The van der Waals surface area contributed by atoms with Crippen molar-refractivity contribution in [2.24, 2.45) is 21.7 Å². The number of hydrogen-bond donors (Lipinski definition) is 10.